The summed E-state index contributed by atoms with van der Waals surface area (Å²) < 4.78 is 1.97. The van der Waals surface area contributed by atoms with Crippen LogP contribution in [0.5, 0.6) is 0 Å². The minimum atomic E-state index is 0.274. The summed E-state index contributed by atoms with van der Waals surface area (Å²) in [7, 11) is 4.02. The smallest absolute Gasteiger partial charge is 0.0872 e. The van der Waals surface area contributed by atoms with Gasteiger partial charge in [0.25, 0.3) is 0 Å². The molecule has 0 spiro atoms. The molecule has 0 aliphatic rings. The van der Waals surface area contributed by atoms with Crippen molar-refractivity contribution in [3.05, 3.63) is 65.9 Å². The molecule has 1 aromatic heterocycles. The summed E-state index contributed by atoms with van der Waals surface area (Å²) in [5.74, 6) is 0. The second-order valence-corrected chi connectivity index (χ2v) is 5.39. The Kier molecular flexibility index (Phi) is 4.02. The van der Waals surface area contributed by atoms with Crippen molar-refractivity contribution in [1.29, 1.82) is 0 Å². The lowest BCUT2D eigenvalue weighted by Crippen LogP contribution is -2.18. The maximum absolute atomic E-state index is 4.73. The number of rotatable bonds is 5. The first-order valence-corrected chi connectivity index (χ1v) is 7.42. The number of hydrogen-bond acceptors (Lipinski definition) is 2. The van der Waals surface area contributed by atoms with Gasteiger partial charge >= 0.3 is 0 Å². The van der Waals surface area contributed by atoms with Crippen LogP contribution in [0.1, 0.15) is 23.7 Å². The van der Waals surface area contributed by atoms with Crippen LogP contribution in [0.15, 0.2) is 54.6 Å². The number of para-hydroxylation sites is 1. The van der Waals surface area contributed by atoms with Crippen LogP contribution in [0.25, 0.3) is 10.9 Å². The lowest BCUT2D eigenvalue weighted by molar-refractivity contribution is 0.530. The van der Waals surface area contributed by atoms with E-state index in [4.69, 9.17) is 5.10 Å². The van der Waals surface area contributed by atoms with E-state index < -0.39 is 0 Å². The Hall–Kier alpha value is -2.13. The minimum absolute atomic E-state index is 0.274. The van der Waals surface area contributed by atoms with Crippen LogP contribution in [-0.2, 0) is 13.5 Å². The molecule has 0 amide bonds. The molecule has 1 unspecified atom stereocenters. The van der Waals surface area contributed by atoms with E-state index in [9.17, 15) is 0 Å². The Bertz CT molecular complexity index is 716. The van der Waals surface area contributed by atoms with Crippen LogP contribution in [0.3, 0.4) is 0 Å². The van der Waals surface area contributed by atoms with E-state index >= 15 is 0 Å². The van der Waals surface area contributed by atoms with E-state index in [1.165, 1.54) is 16.5 Å². The molecule has 0 fully saturated rings. The molecular weight excluding hydrogens is 258 g/mol. The maximum atomic E-state index is 4.73. The second kappa shape index (κ2) is 6.10. The van der Waals surface area contributed by atoms with Gasteiger partial charge in [-0.1, -0.05) is 48.5 Å². The number of fused-ring (bicyclic) bond motifs is 1. The monoisotopic (exact) mass is 279 g/mol. The first-order chi connectivity index (χ1) is 10.3. The van der Waals surface area contributed by atoms with E-state index in [1.807, 2.05) is 18.8 Å². The van der Waals surface area contributed by atoms with Crippen LogP contribution in [-0.4, -0.2) is 16.8 Å². The third-order valence-electron chi connectivity index (χ3n) is 4.03. The topological polar surface area (TPSA) is 29.9 Å². The fraction of sp³-hybridized carbons (Fsp3) is 0.278. The summed E-state index contributed by atoms with van der Waals surface area (Å²) in [5.41, 5.74) is 3.71. The third kappa shape index (κ3) is 2.83. The molecule has 21 heavy (non-hydrogen) atoms. The van der Waals surface area contributed by atoms with Crippen molar-refractivity contribution in [2.24, 2.45) is 7.05 Å². The zero-order valence-corrected chi connectivity index (χ0v) is 12.6. The number of nitrogens with zero attached hydrogens (tertiary/aromatic N) is 2. The van der Waals surface area contributed by atoms with Gasteiger partial charge in [-0.3, -0.25) is 4.68 Å². The molecule has 3 rings (SSSR count). The van der Waals surface area contributed by atoms with E-state index in [1.54, 1.807) is 0 Å². The Morgan fingerprint density at radius 3 is 2.52 bits per heavy atom. The zero-order valence-electron chi connectivity index (χ0n) is 12.6. The lowest BCUT2D eigenvalue weighted by Gasteiger charge is -2.14. The van der Waals surface area contributed by atoms with Gasteiger partial charge in [0.1, 0.15) is 0 Å². The summed E-state index contributed by atoms with van der Waals surface area (Å²) in [4.78, 5) is 0. The van der Waals surface area contributed by atoms with Crippen LogP contribution >= 0.6 is 0 Å². The fourth-order valence-electron chi connectivity index (χ4n) is 2.87. The largest absolute Gasteiger partial charge is 0.312 e. The number of benzene rings is 2. The van der Waals surface area contributed by atoms with Crippen LogP contribution in [0.4, 0.5) is 0 Å². The number of nitrogens with one attached hydrogen (secondary N) is 1. The Balaban J connectivity index is 1.85. The van der Waals surface area contributed by atoms with Gasteiger partial charge in [0, 0.05) is 12.4 Å². The molecule has 108 valence electrons. The molecule has 3 heteroatoms. The molecule has 0 radical (unpaired) electrons. The number of aromatic nitrogens is 2. The molecule has 3 nitrogen and oxygen atoms in total. The van der Waals surface area contributed by atoms with Crippen molar-refractivity contribution >= 4 is 10.9 Å². The van der Waals surface area contributed by atoms with Crippen molar-refractivity contribution in [2.45, 2.75) is 18.9 Å². The van der Waals surface area contributed by atoms with Crippen molar-refractivity contribution in [2.75, 3.05) is 7.05 Å². The van der Waals surface area contributed by atoms with Gasteiger partial charge in [0.05, 0.1) is 17.3 Å². The Morgan fingerprint density at radius 2 is 1.76 bits per heavy atom. The summed E-state index contributed by atoms with van der Waals surface area (Å²) in [6.45, 7) is 0. The van der Waals surface area contributed by atoms with E-state index in [0.717, 1.165) is 18.5 Å². The highest BCUT2D eigenvalue weighted by atomic mass is 15.3. The van der Waals surface area contributed by atoms with Gasteiger partial charge in [0.15, 0.2) is 0 Å². The first-order valence-electron chi connectivity index (χ1n) is 7.42. The van der Waals surface area contributed by atoms with Crippen LogP contribution in [0, 0.1) is 0 Å². The molecule has 0 saturated carbocycles. The highest BCUT2D eigenvalue weighted by Gasteiger charge is 2.17. The predicted octanol–water partition coefficient (Wildman–Crippen LogP) is 3.47. The Morgan fingerprint density at radius 1 is 1.05 bits per heavy atom. The summed E-state index contributed by atoms with van der Waals surface area (Å²) in [5, 5.41) is 9.39. The molecule has 1 heterocycles. The van der Waals surface area contributed by atoms with E-state index in [2.05, 4.69) is 59.9 Å². The maximum Gasteiger partial charge on any atom is 0.0872 e. The average molecular weight is 279 g/mol. The molecule has 0 aliphatic carbocycles. The summed E-state index contributed by atoms with van der Waals surface area (Å²) in [6, 6.07) is 19.3. The van der Waals surface area contributed by atoms with Crippen molar-refractivity contribution < 1.29 is 0 Å². The quantitative estimate of drug-likeness (QED) is 0.775. The number of aryl methyl sites for hydroxylation is 2. The molecule has 1 N–H and O–H groups in total. The van der Waals surface area contributed by atoms with Gasteiger partial charge in [-0.2, -0.15) is 5.10 Å². The average Bonchev–Trinajstić information content (AvgIpc) is 2.87. The minimum Gasteiger partial charge on any atom is -0.312 e. The zero-order chi connectivity index (χ0) is 14.7. The van der Waals surface area contributed by atoms with E-state index in [0.29, 0.717) is 0 Å². The van der Waals surface area contributed by atoms with Crippen molar-refractivity contribution in [3.8, 4) is 0 Å². The second-order valence-electron chi connectivity index (χ2n) is 5.39. The van der Waals surface area contributed by atoms with Gasteiger partial charge in [-0.05, 0) is 31.5 Å². The molecule has 0 bridgehead atoms. The molecule has 0 saturated heterocycles. The highest BCUT2D eigenvalue weighted by molar-refractivity contribution is 5.82. The van der Waals surface area contributed by atoms with Gasteiger partial charge < -0.3 is 5.32 Å². The van der Waals surface area contributed by atoms with Crippen LogP contribution < -0.4 is 5.32 Å². The van der Waals surface area contributed by atoms with Gasteiger partial charge in [-0.25, -0.2) is 0 Å². The number of hydrogen-bond donors (Lipinski definition) is 1. The standard InChI is InChI=1S/C18H21N3/c1-19-16(13-12-14-8-4-3-5-9-14)18-15-10-6-7-11-17(15)21(2)20-18/h3-11,16,19H,12-13H2,1-2H3. The molecular formula is C18H21N3. The summed E-state index contributed by atoms with van der Waals surface area (Å²) in [6.07, 6.45) is 2.10. The van der Waals surface area contributed by atoms with Gasteiger partial charge in [-0.15, -0.1) is 0 Å². The molecule has 0 aliphatic heterocycles. The SMILES string of the molecule is CNC(CCc1ccccc1)c1nn(C)c2ccccc12. The third-order valence-corrected chi connectivity index (χ3v) is 4.03. The Labute approximate surface area is 125 Å². The van der Waals surface area contributed by atoms with Crippen LogP contribution in [0.2, 0.25) is 0 Å². The summed E-state index contributed by atoms with van der Waals surface area (Å²) >= 11 is 0. The lowest BCUT2D eigenvalue weighted by atomic mass is 10.0. The van der Waals surface area contributed by atoms with Crippen molar-refractivity contribution in [3.63, 3.8) is 0 Å². The van der Waals surface area contributed by atoms with Crippen molar-refractivity contribution in [1.82, 2.24) is 15.1 Å². The van der Waals surface area contributed by atoms with Gasteiger partial charge in [0.2, 0.25) is 0 Å². The molecule has 3 aromatic rings. The molecule has 2 aromatic carbocycles. The first kappa shape index (κ1) is 13.8. The fourth-order valence-corrected chi connectivity index (χ4v) is 2.87. The molecule has 1 atom stereocenters. The predicted molar refractivity (Wildman–Crippen MR) is 87.3 cm³/mol. The normalized spacial score (nSPS) is 12.7. The highest BCUT2D eigenvalue weighted by Crippen LogP contribution is 2.26. The van der Waals surface area contributed by atoms with E-state index in [-0.39, 0.29) is 6.04 Å².